The van der Waals surface area contributed by atoms with Gasteiger partial charge in [0, 0.05) is 0 Å². The highest BCUT2D eigenvalue weighted by Gasteiger charge is 2.42. The van der Waals surface area contributed by atoms with Crippen molar-refractivity contribution < 1.29 is 37.4 Å². The number of hydrogen-bond donors (Lipinski definition) is 3. The first-order valence-electron chi connectivity index (χ1n) is 6.35. The van der Waals surface area contributed by atoms with Gasteiger partial charge < -0.3 is 20.5 Å². The Hall–Kier alpha value is -1.84. The van der Waals surface area contributed by atoms with E-state index < -0.39 is 48.1 Å². The van der Waals surface area contributed by atoms with Crippen molar-refractivity contribution in [2.24, 2.45) is 5.92 Å². The molecule has 0 aliphatic carbocycles. The minimum absolute atomic E-state index is 0.413. The van der Waals surface area contributed by atoms with E-state index in [-0.39, 0.29) is 0 Å². The van der Waals surface area contributed by atoms with Gasteiger partial charge in [0.05, 0.1) is 13.2 Å². The van der Waals surface area contributed by atoms with Crippen LogP contribution < -0.4 is 10.6 Å². The summed E-state index contributed by atoms with van der Waals surface area (Å²) in [4.78, 5) is 34.3. The molecule has 22 heavy (non-hydrogen) atoms. The van der Waals surface area contributed by atoms with Gasteiger partial charge in [0.2, 0.25) is 5.91 Å². The van der Waals surface area contributed by atoms with Crippen LogP contribution in [0, 0.1) is 5.92 Å². The third-order valence-corrected chi connectivity index (χ3v) is 2.73. The Morgan fingerprint density at radius 1 is 1.05 bits per heavy atom. The maximum Gasteiger partial charge on any atom is 0.471 e. The van der Waals surface area contributed by atoms with Crippen molar-refractivity contribution in [2.45, 2.75) is 45.1 Å². The fourth-order valence-corrected chi connectivity index (χ4v) is 1.50. The number of carbonyl (C=O) groups is 3. The smallest absolute Gasteiger partial charge is 0.467 e. The van der Waals surface area contributed by atoms with Crippen molar-refractivity contribution in [3.63, 3.8) is 0 Å². The zero-order chi connectivity index (χ0) is 17.7. The van der Waals surface area contributed by atoms with E-state index >= 15 is 0 Å². The molecule has 0 radical (unpaired) electrons. The van der Waals surface area contributed by atoms with Crippen LogP contribution in [0.25, 0.3) is 0 Å². The first kappa shape index (κ1) is 20.2. The minimum atomic E-state index is -5.20. The first-order chi connectivity index (χ1) is 9.91. The Balaban J connectivity index is 5.08. The molecule has 0 spiro atoms. The molecular weight excluding hydrogens is 309 g/mol. The molecule has 0 aromatic carbocycles. The van der Waals surface area contributed by atoms with Gasteiger partial charge in [-0.05, 0) is 12.8 Å². The van der Waals surface area contributed by atoms with Crippen LogP contribution in [0.1, 0.15) is 20.8 Å². The SMILES string of the molecule is COC(=O)[C@@H](NC(=O)[C@@H](NC(=O)C(F)(F)F)[C@@H](C)O)C(C)C. The highest BCUT2D eigenvalue weighted by atomic mass is 19.4. The summed E-state index contributed by atoms with van der Waals surface area (Å²) in [6.45, 7) is 4.19. The zero-order valence-electron chi connectivity index (χ0n) is 12.5. The lowest BCUT2D eigenvalue weighted by Gasteiger charge is -2.25. The first-order valence-corrected chi connectivity index (χ1v) is 6.35. The lowest BCUT2D eigenvalue weighted by atomic mass is 10.0. The standard InChI is InChI=1S/C12H19F3N2O5/c1-5(2)7(10(20)22-4)16-9(19)8(6(3)18)17-11(21)12(13,14)15/h5-8,18H,1-4H3,(H,16,19)(H,17,21)/t6-,7+,8+/m1/s1. The Bertz CT molecular complexity index is 423. The van der Waals surface area contributed by atoms with Gasteiger partial charge in [-0.25, -0.2) is 4.79 Å². The number of aliphatic hydroxyl groups excluding tert-OH is 1. The summed E-state index contributed by atoms with van der Waals surface area (Å²) in [6, 6.07) is -2.98. The fraction of sp³-hybridized carbons (Fsp3) is 0.750. The number of hydrogen-bond acceptors (Lipinski definition) is 5. The Morgan fingerprint density at radius 3 is 1.86 bits per heavy atom. The van der Waals surface area contributed by atoms with Crippen LogP contribution in [-0.4, -0.2) is 54.4 Å². The molecule has 0 aliphatic rings. The molecule has 0 rings (SSSR count). The van der Waals surface area contributed by atoms with Crippen LogP contribution in [-0.2, 0) is 19.1 Å². The van der Waals surface area contributed by atoms with E-state index in [1.807, 2.05) is 0 Å². The largest absolute Gasteiger partial charge is 0.471 e. The van der Waals surface area contributed by atoms with Crippen molar-refractivity contribution in [2.75, 3.05) is 7.11 Å². The highest BCUT2D eigenvalue weighted by Crippen LogP contribution is 2.15. The number of rotatable bonds is 6. The van der Waals surface area contributed by atoms with Crippen molar-refractivity contribution in [3.05, 3.63) is 0 Å². The fourth-order valence-electron chi connectivity index (χ4n) is 1.50. The van der Waals surface area contributed by atoms with Crippen LogP contribution in [0.2, 0.25) is 0 Å². The molecule has 0 saturated heterocycles. The summed E-state index contributed by atoms with van der Waals surface area (Å²) in [5.41, 5.74) is 0. The zero-order valence-corrected chi connectivity index (χ0v) is 12.5. The summed E-state index contributed by atoms with van der Waals surface area (Å²) in [5, 5.41) is 12.9. The van der Waals surface area contributed by atoms with Crippen molar-refractivity contribution in [1.29, 1.82) is 0 Å². The van der Waals surface area contributed by atoms with Crippen molar-refractivity contribution >= 4 is 17.8 Å². The van der Waals surface area contributed by atoms with E-state index in [0.29, 0.717) is 0 Å². The topological polar surface area (TPSA) is 105 Å². The number of alkyl halides is 3. The van der Waals surface area contributed by atoms with Crippen molar-refractivity contribution in [3.8, 4) is 0 Å². The number of methoxy groups -OCH3 is 1. The third-order valence-electron chi connectivity index (χ3n) is 2.73. The highest BCUT2D eigenvalue weighted by molar-refractivity contribution is 5.92. The summed E-state index contributed by atoms with van der Waals surface area (Å²) >= 11 is 0. The third kappa shape index (κ3) is 5.88. The quantitative estimate of drug-likeness (QED) is 0.582. The number of aliphatic hydroxyl groups is 1. The summed E-state index contributed by atoms with van der Waals surface area (Å²) in [5.74, 6) is -4.70. The Kier molecular flexibility index (Phi) is 7.30. The van der Waals surface area contributed by atoms with E-state index in [1.165, 1.54) is 5.32 Å². The van der Waals surface area contributed by atoms with E-state index in [1.54, 1.807) is 13.8 Å². The van der Waals surface area contributed by atoms with Gasteiger partial charge in [0.1, 0.15) is 12.1 Å². The molecule has 0 fully saturated rings. The summed E-state index contributed by atoms with van der Waals surface area (Å²) < 4.78 is 41.1. The van der Waals surface area contributed by atoms with Crippen LogP contribution in [0.15, 0.2) is 0 Å². The lowest BCUT2D eigenvalue weighted by molar-refractivity contribution is -0.175. The Morgan fingerprint density at radius 2 is 1.55 bits per heavy atom. The predicted molar refractivity (Wildman–Crippen MR) is 68.5 cm³/mol. The van der Waals surface area contributed by atoms with Crippen LogP contribution in [0.4, 0.5) is 13.2 Å². The monoisotopic (exact) mass is 328 g/mol. The van der Waals surface area contributed by atoms with E-state index in [4.69, 9.17) is 0 Å². The summed E-state index contributed by atoms with van der Waals surface area (Å²) in [7, 11) is 1.08. The van der Waals surface area contributed by atoms with Gasteiger partial charge >= 0.3 is 18.1 Å². The number of ether oxygens (including phenoxy) is 1. The molecular formula is C12H19F3N2O5. The van der Waals surface area contributed by atoms with Gasteiger partial charge in [-0.15, -0.1) is 0 Å². The van der Waals surface area contributed by atoms with Gasteiger partial charge in [-0.1, -0.05) is 13.8 Å². The Labute approximate surface area is 125 Å². The molecule has 128 valence electrons. The minimum Gasteiger partial charge on any atom is -0.467 e. The van der Waals surface area contributed by atoms with Crippen LogP contribution in [0.5, 0.6) is 0 Å². The summed E-state index contributed by atoms with van der Waals surface area (Å²) in [6.07, 6.45) is -6.80. The normalized spacial score (nSPS) is 15.7. The molecule has 0 unspecified atom stereocenters. The van der Waals surface area contributed by atoms with Crippen LogP contribution in [0.3, 0.4) is 0 Å². The lowest BCUT2D eigenvalue weighted by Crippen LogP contribution is -2.58. The number of esters is 1. The molecule has 7 nitrogen and oxygen atoms in total. The second kappa shape index (κ2) is 7.97. The van der Waals surface area contributed by atoms with Crippen molar-refractivity contribution in [1.82, 2.24) is 10.6 Å². The van der Waals surface area contributed by atoms with E-state index in [0.717, 1.165) is 14.0 Å². The molecule has 3 N–H and O–H groups in total. The maximum absolute atomic E-state index is 12.2. The molecule has 0 bridgehead atoms. The number of carbonyl (C=O) groups excluding carboxylic acids is 3. The van der Waals surface area contributed by atoms with Gasteiger partial charge in [-0.2, -0.15) is 13.2 Å². The molecule has 0 saturated carbocycles. The van der Waals surface area contributed by atoms with E-state index in [2.05, 4.69) is 10.1 Å². The average Bonchev–Trinajstić information content (AvgIpc) is 2.38. The molecule has 0 aromatic heterocycles. The number of nitrogens with one attached hydrogen (secondary N) is 2. The second-order valence-electron chi connectivity index (χ2n) is 4.94. The number of amides is 2. The molecule has 0 aromatic rings. The molecule has 3 atom stereocenters. The molecule has 0 heterocycles. The molecule has 10 heteroatoms. The second-order valence-corrected chi connectivity index (χ2v) is 4.94. The van der Waals surface area contributed by atoms with Gasteiger partial charge in [-0.3, -0.25) is 9.59 Å². The molecule has 2 amide bonds. The number of halogens is 3. The average molecular weight is 328 g/mol. The predicted octanol–water partition coefficient (Wildman–Crippen LogP) is -0.272. The van der Waals surface area contributed by atoms with Gasteiger partial charge in [0.25, 0.3) is 0 Å². The molecule has 0 aliphatic heterocycles. The van der Waals surface area contributed by atoms with E-state index in [9.17, 15) is 32.7 Å². The van der Waals surface area contributed by atoms with Crippen LogP contribution >= 0.6 is 0 Å². The van der Waals surface area contributed by atoms with Gasteiger partial charge in [0.15, 0.2) is 0 Å². The maximum atomic E-state index is 12.2.